The molecule has 0 radical (unpaired) electrons. The summed E-state index contributed by atoms with van der Waals surface area (Å²) in [6, 6.07) is 0. The zero-order valence-electron chi connectivity index (χ0n) is 6.22. The van der Waals surface area contributed by atoms with Crippen molar-refractivity contribution in [2.45, 2.75) is 19.1 Å². The molecule has 0 rings (SSSR count). The van der Waals surface area contributed by atoms with Crippen molar-refractivity contribution in [2.75, 3.05) is 12.8 Å². The van der Waals surface area contributed by atoms with E-state index in [-0.39, 0.29) is 0 Å². The molecule has 0 aromatic heterocycles. The van der Waals surface area contributed by atoms with E-state index in [1.54, 1.807) is 7.05 Å². The Labute approximate surface area is 60.9 Å². The predicted molar refractivity (Wildman–Crippen MR) is 45.1 cm³/mol. The Hall–Kier alpha value is -0.180. The summed E-state index contributed by atoms with van der Waals surface area (Å²) in [6.07, 6.45) is 0. The van der Waals surface area contributed by atoms with Gasteiger partial charge in [-0.3, -0.25) is 4.99 Å². The molecular formula is C6H14N2S. The summed E-state index contributed by atoms with van der Waals surface area (Å²) in [4.78, 5) is 3.83. The first-order valence-corrected chi connectivity index (χ1v) is 4.04. The number of nitrogens with two attached hydrogens (primary N) is 1. The number of amidine groups is 1. The van der Waals surface area contributed by atoms with Gasteiger partial charge in [0, 0.05) is 7.05 Å². The van der Waals surface area contributed by atoms with Gasteiger partial charge >= 0.3 is 0 Å². The molecule has 2 N–H and O–H groups in total. The Morgan fingerprint density at radius 2 is 2.22 bits per heavy atom. The van der Waals surface area contributed by atoms with Crippen LogP contribution in [0, 0.1) is 0 Å². The van der Waals surface area contributed by atoms with Gasteiger partial charge in [0.25, 0.3) is 0 Å². The van der Waals surface area contributed by atoms with Crippen LogP contribution in [-0.2, 0) is 0 Å². The molecule has 0 saturated carbocycles. The van der Waals surface area contributed by atoms with Crippen LogP contribution in [-0.4, -0.2) is 23.9 Å². The molecule has 2 nitrogen and oxygen atoms in total. The van der Waals surface area contributed by atoms with E-state index in [2.05, 4.69) is 18.8 Å². The van der Waals surface area contributed by atoms with E-state index in [9.17, 15) is 0 Å². The second-order valence-electron chi connectivity index (χ2n) is 2.07. The fourth-order valence-corrected chi connectivity index (χ4v) is 0.950. The fourth-order valence-electron chi connectivity index (χ4n) is 0.317. The third-order valence-electron chi connectivity index (χ3n) is 0.852. The van der Waals surface area contributed by atoms with Gasteiger partial charge < -0.3 is 5.73 Å². The van der Waals surface area contributed by atoms with Gasteiger partial charge in [0.15, 0.2) is 0 Å². The SMILES string of the molecule is CN=C(N)CSC(C)C. The highest BCUT2D eigenvalue weighted by Crippen LogP contribution is 2.07. The molecule has 54 valence electrons. The minimum Gasteiger partial charge on any atom is -0.387 e. The molecule has 0 atom stereocenters. The van der Waals surface area contributed by atoms with E-state index in [1.807, 2.05) is 11.8 Å². The molecule has 0 amide bonds. The average molecular weight is 146 g/mol. The lowest BCUT2D eigenvalue weighted by Gasteiger charge is -2.01. The van der Waals surface area contributed by atoms with Gasteiger partial charge in [-0.1, -0.05) is 13.8 Å². The first kappa shape index (κ1) is 8.82. The Morgan fingerprint density at radius 3 is 2.56 bits per heavy atom. The van der Waals surface area contributed by atoms with Gasteiger partial charge in [-0.15, -0.1) is 0 Å². The van der Waals surface area contributed by atoms with Crippen molar-refractivity contribution >= 4 is 17.6 Å². The fraction of sp³-hybridized carbons (Fsp3) is 0.833. The Morgan fingerprint density at radius 1 is 1.67 bits per heavy atom. The van der Waals surface area contributed by atoms with Gasteiger partial charge in [-0.05, 0) is 5.25 Å². The number of hydrogen-bond acceptors (Lipinski definition) is 2. The topological polar surface area (TPSA) is 38.4 Å². The normalized spacial score (nSPS) is 12.7. The minimum absolute atomic E-state index is 0.644. The summed E-state index contributed by atoms with van der Waals surface area (Å²) in [5, 5.41) is 0.644. The third-order valence-corrected chi connectivity index (χ3v) is 1.98. The summed E-state index contributed by atoms with van der Waals surface area (Å²) in [5.41, 5.74) is 5.45. The number of rotatable bonds is 3. The van der Waals surface area contributed by atoms with Crippen molar-refractivity contribution < 1.29 is 0 Å². The lowest BCUT2D eigenvalue weighted by atomic mass is 10.6. The van der Waals surface area contributed by atoms with Crippen LogP contribution in [0.15, 0.2) is 4.99 Å². The summed E-state index contributed by atoms with van der Waals surface area (Å²) >= 11 is 1.81. The van der Waals surface area contributed by atoms with E-state index in [4.69, 9.17) is 5.73 Å². The zero-order valence-corrected chi connectivity index (χ0v) is 7.03. The van der Waals surface area contributed by atoms with Gasteiger partial charge in [0.2, 0.25) is 0 Å². The maximum absolute atomic E-state index is 5.45. The Kier molecular flexibility index (Phi) is 4.58. The van der Waals surface area contributed by atoms with Crippen molar-refractivity contribution in [2.24, 2.45) is 10.7 Å². The second-order valence-corrected chi connectivity index (χ2v) is 3.64. The van der Waals surface area contributed by atoms with Crippen molar-refractivity contribution in [3.05, 3.63) is 0 Å². The summed E-state index contributed by atoms with van der Waals surface area (Å²) in [5.74, 6) is 1.59. The first-order valence-electron chi connectivity index (χ1n) is 2.99. The standard InChI is InChI=1S/C6H14N2S/c1-5(2)9-4-6(7)8-3/h5H,4H2,1-3H3,(H2,7,8). The van der Waals surface area contributed by atoms with Crippen molar-refractivity contribution in [3.8, 4) is 0 Å². The average Bonchev–Trinajstić information content (AvgIpc) is 1.83. The molecule has 0 aromatic rings. The Balaban J connectivity index is 3.28. The number of thioether (sulfide) groups is 1. The van der Waals surface area contributed by atoms with Crippen LogP contribution < -0.4 is 5.73 Å². The van der Waals surface area contributed by atoms with E-state index >= 15 is 0 Å². The van der Waals surface area contributed by atoms with Gasteiger partial charge in [0.05, 0.1) is 5.75 Å². The molecule has 0 bridgehead atoms. The van der Waals surface area contributed by atoms with Crippen LogP contribution in [0.4, 0.5) is 0 Å². The number of aliphatic imine (C=N–C) groups is 1. The van der Waals surface area contributed by atoms with Crippen LogP contribution >= 0.6 is 11.8 Å². The molecule has 9 heavy (non-hydrogen) atoms. The van der Waals surface area contributed by atoms with Gasteiger partial charge in [0.1, 0.15) is 5.84 Å². The van der Waals surface area contributed by atoms with Crippen LogP contribution in [0.5, 0.6) is 0 Å². The van der Waals surface area contributed by atoms with Crippen LogP contribution in [0.2, 0.25) is 0 Å². The molecule has 0 fully saturated rings. The molecule has 0 spiro atoms. The highest BCUT2D eigenvalue weighted by atomic mass is 32.2. The van der Waals surface area contributed by atoms with Crippen molar-refractivity contribution in [3.63, 3.8) is 0 Å². The highest BCUT2D eigenvalue weighted by Gasteiger charge is 1.94. The largest absolute Gasteiger partial charge is 0.387 e. The number of hydrogen-bond donors (Lipinski definition) is 1. The molecule has 3 heteroatoms. The summed E-state index contributed by atoms with van der Waals surface area (Å²) in [6.45, 7) is 4.29. The molecule has 0 heterocycles. The lowest BCUT2D eigenvalue weighted by Crippen LogP contribution is -2.15. The maximum Gasteiger partial charge on any atom is 0.103 e. The summed E-state index contributed by atoms with van der Waals surface area (Å²) in [7, 11) is 1.72. The van der Waals surface area contributed by atoms with Gasteiger partial charge in [-0.2, -0.15) is 11.8 Å². The van der Waals surface area contributed by atoms with Crippen molar-refractivity contribution in [1.82, 2.24) is 0 Å². The lowest BCUT2D eigenvalue weighted by molar-refractivity contribution is 1.11. The quantitative estimate of drug-likeness (QED) is 0.478. The first-order chi connectivity index (χ1) is 4.16. The van der Waals surface area contributed by atoms with Crippen LogP contribution in [0.1, 0.15) is 13.8 Å². The third kappa shape index (κ3) is 5.69. The maximum atomic E-state index is 5.45. The monoisotopic (exact) mass is 146 g/mol. The highest BCUT2D eigenvalue weighted by molar-refractivity contribution is 8.00. The smallest absolute Gasteiger partial charge is 0.103 e. The van der Waals surface area contributed by atoms with Gasteiger partial charge in [-0.25, -0.2) is 0 Å². The number of nitrogens with zero attached hydrogens (tertiary/aromatic N) is 1. The molecule has 0 unspecified atom stereocenters. The van der Waals surface area contributed by atoms with E-state index in [1.165, 1.54) is 0 Å². The van der Waals surface area contributed by atoms with Crippen LogP contribution in [0.3, 0.4) is 0 Å². The van der Waals surface area contributed by atoms with Crippen molar-refractivity contribution in [1.29, 1.82) is 0 Å². The molecule has 0 aliphatic heterocycles. The molecule has 0 saturated heterocycles. The molecule has 0 aliphatic carbocycles. The minimum atomic E-state index is 0.644. The molecule has 0 aromatic carbocycles. The Bertz CT molecular complexity index is 99.2. The summed E-state index contributed by atoms with van der Waals surface area (Å²) < 4.78 is 0. The molecular weight excluding hydrogens is 132 g/mol. The van der Waals surface area contributed by atoms with Crippen LogP contribution in [0.25, 0.3) is 0 Å². The molecule has 0 aliphatic rings. The van der Waals surface area contributed by atoms with E-state index in [0.29, 0.717) is 5.25 Å². The van der Waals surface area contributed by atoms with E-state index < -0.39 is 0 Å². The zero-order chi connectivity index (χ0) is 7.28. The van der Waals surface area contributed by atoms with E-state index in [0.717, 1.165) is 11.6 Å². The second kappa shape index (κ2) is 4.68. The predicted octanol–water partition coefficient (Wildman–Crippen LogP) is 1.12.